The number of esters is 3. The number of carbonyl (C=O) groups is 3. The summed E-state index contributed by atoms with van der Waals surface area (Å²) in [6.45, 7) is 9.02. The smallest absolute Gasteiger partial charge is 0.306 e. The third-order valence-electron chi connectivity index (χ3n) is 11.5. The Morgan fingerprint density at radius 3 is 0.860 bits per heavy atom. The quantitative estimate of drug-likeness (QED) is 0.0346. The molecule has 0 bridgehead atoms. The van der Waals surface area contributed by atoms with Crippen LogP contribution in [0.15, 0.2) is 0 Å². The summed E-state index contributed by atoms with van der Waals surface area (Å²) >= 11 is 0. The van der Waals surface area contributed by atoms with Gasteiger partial charge in [-0.05, 0) is 25.2 Å². The van der Waals surface area contributed by atoms with Crippen LogP contribution >= 0.6 is 0 Å². The van der Waals surface area contributed by atoms with Crippen LogP contribution < -0.4 is 0 Å². The van der Waals surface area contributed by atoms with E-state index in [0.29, 0.717) is 19.3 Å². The predicted molar refractivity (Wildman–Crippen MR) is 243 cm³/mol. The van der Waals surface area contributed by atoms with Crippen LogP contribution in [-0.4, -0.2) is 37.2 Å². The lowest BCUT2D eigenvalue weighted by Crippen LogP contribution is -2.30. The first kappa shape index (κ1) is 55.4. The highest BCUT2D eigenvalue weighted by molar-refractivity contribution is 5.71. The Hall–Kier alpha value is -1.59. The molecule has 0 unspecified atom stereocenters. The van der Waals surface area contributed by atoms with Crippen molar-refractivity contribution in [2.45, 2.75) is 291 Å². The van der Waals surface area contributed by atoms with Gasteiger partial charge in [0, 0.05) is 19.3 Å². The molecule has 0 rings (SSSR count). The normalized spacial score (nSPS) is 11.9. The van der Waals surface area contributed by atoms with Crippen molar-refractivity contribution < 1.29 is 28.6 Å². The molecule has 0 aromatic rings. The second-order valence-electron chi connectivity index (χ2n) is 17.9. The van der Waals surface area contributed by atoms with Gasteiger partial charge >= 0.3 is 17.9 Å². The van der Waals surface area contributed by atoms with E-state index in [9.17, 15) is 14.4 Å². The van der Waals surface area contributed by atoms with Crippen LogP contribution in [0.3, 0.4) is 0 Å². The summed E-state index contributed by atoms with van der Waals surface area (Å²) in [5.74, 6) is -0.00843. The molecule has 57 heavy (non-hydrogen) atoms. The fraction of sp³-hybridized carbons (Fsp3) is 0.941. The molecular weight excluding hydrogens is 709 g/mol. The van der Waals surface area contributed by atoms with E-state index < -0.39 is 6.10 Å². The summed E-state index contributed by atoms with van der Waals surface area (Å²) in [7, 11) is 0. The average Bonchev–Trinajstić information content (AvgIpc) is 3.19. The van der Waals surface area contributed by atoms with Gasteiger partial charge in [-0.15, -0.1) is 0 Å². The summed E-state index contributed by atoms with van der Waals surface area (Å²) < 4.78 is 16.8. The second kappa shape index (κ2) is 45.5. The molecule has 0 N–H and O–H groups in total. The van der Waals surface area contributed by atoms with Crippen molar-refractivity contribution in [2.75, 3.05) is 13.2 Å². The summed E-state index contributed by atoms with van der Waals surface area (Å²) in [6.07, 6.45) is 46.5. The van der Waals surface area contributed by atoms with Crippen molar-refractivity contribution in [1.82, 2.24) is 0 Å². The Bertz CT molecular complexity index is 857. The van der Waals surface area contributed by atoms with Crippen molar-refractivity contribution in [3.63, 3.8) is 0 Å². The van der Waals surface area contributed by atoms with Gasteiger partial charge in [0.2, 0.25) is 0 Å². The molecule has 0 radical (unpaired) electrons. The topological polar surface area (TPSA) is 78.9 Å². The Kier molecular flexibility index (Phi) is 44.2. The highest BCUT2D eigenvalue weighted by atomic mass is 16.6. The van der Waals surface area contributed by atoms with Gasteiger partial charge < -0.3 is 14.2 Å². The van der Waals surface area contributed by atoms with Gasteiger partial charge in [0.25, 0.3) is 0 Å². The van der Waals surface area contributed by atoms with Crippen LogP contribution in [0.25, 0.3) is 0 Å². The van der Waals surface area contributed by atoms with Crippen LogP contribution in [0.5, 0.6) is 0 Å². The number of rotatable bonds is 46. The minimum absolute atomic E-state index is 0.0628. The van der Waals surface area contributed by atoms with Crippen molar-refractivity contribution in [1.29, 1.82) is 0 Å². The molecule has 0 aliphatic rings. The van der Waals surface area contributed by atoms with E-state index in [1.54, 1.807) is 0 Å². The minimum Gasteiger partial charge on any atom is -0.462 e. The number of hydrogen-bond donors (Lipinski definition) is 0. The van der Waals surface area contributed by atoms with Crippen LogP contribution in [-0.2, 0) is 28.6 Å². The fourth-order valence-electron chi connectivity index (χ4n) is 7.69. The van der Waals surface area contributed by atoms with E-state index in [4.69, 9.17) is 14.2 Å². The van der Waals surface area contributed by atoms with Gasteiger partial charge in [-0.25, -0.2) is 0 Å². The fourth-order valence-corrected chi connectivity index (χ4v) is 7.69. The van der Waals surface area contributed by atoms with Crippen molar-refractivity contribution >= 4 is 17.9 Å². The molecule has 338 valence electrons. The Balaban J connectivity index is 4.29. The highest BCUT2D eigenvalue weighted by Crippen LogP contribution is 2.17. The molecule has 0 aromatic carbocycles. The molecule has 1 atom stereocenters. The monoisotopic (exact) mass is 807 g/mol. The van der Waals surface area contributed by atoms with Crippen molar-refractivity contribution in [3.8, 4) is 0 Å². The van der Waals surface area contributed by atoms with Crippen molar-refractivity contribution in [3.05, 3.63) is 0 Å². The van der Waals surface area contributed by atoms with Crippen molar-refractivity contribution in [2.24, 2.45) is 5.92 Å². The SMILES string of the molecule is CCCCCCCCCCCCCCCC(=O)OC[C@@H](COC(=O)CCCCCCCCCCCC)OC(=O)CCCCCCCCCCCCCCCC(C)C. The number of unbranched alkanes of at least 4 members (excludes halogenated alkanes) is 33. The van der Waals surface area contributed by atoms with E-state index in [1.165, 1.54) is 180 Å². The maximum absolute atomic E-state index is 12.8. The molecular formula is C51H98O6. The summed E-state index contributed by atoms with van der Waals surface area (Å²) in [6, 6.07) is 0. The van der Waals surface area contributed by atoms with Gasteiger partial charge in [-0.1, -0.05) is 246 Å². The van der Waals surface area contributed by atoms with Crippen LogP contribution in [0.2, 0.25) is 0 Å². The zero-order chi connectivity index (χ0) is 41.7. The molecule has 0 amide bonds. The molecule has 0 fully saturated rings. The summed E-state index contributed by atoms with van der Waals surface area (Å²) in [5.41, 5.74) is 0. The van der Waals surface area contributed by atoms with Gasteiger partial charge in [-0.3, -0.25) is 14.4 Å². The molecule has 0 aromatic heterocycles. The molecule has 6 nitrogen and oxygen atoms in total. The number of ether oxygens (including phenoxy) is 3. The van der Waals surface area contributed by atoms with Gasteiger partial charge in [-0.2, -0.15) is 0 Å². The third kappa shape index (κ3) is 45.3. The molecule has 0 aliphatic heterocycles. The lowest BCUT2D eigenvalue weighted by molar-refractivity contribution is -0.167. The van der Waals surface area contributed by atoms with Gasteiger partial charge in [0.1, 0.15) is 13.2 Å². The van der Waals surface area contributed by atoms with Gasteiger partial charge in [0.15, 0.2) is 6.10 Å². The Labute approximate surface area is 355 Å². The average molecular weight is 807 g/mol. The van der Waals surface area contributed by atoms with E-state index in [0.717, 1.165) is 63.7 Å². The van der Waals surface area contributed by atoms with E-state index in [2.05, 4.69) is 27.7 Å². The largest absolute Gasteiger partial charge is 0.462 e. The minimum atomic E-state index is -0.759. The summed E-state index contributed by atoms with van der Waals surface area (Å²) in [5, 5.41) is 0. The van der Waals surface area contributed by atoms with E-state index in [1.807, 2.05) is 0 Å². The Morgan fingerprint density at radius 1 is 0.333 bits per heavy atom. The maximum atomic E-state index is 12.8. The van der Waals surface area contributed by atoms with Gasteiger partial charge in [0.05, 0.1) is 0 Å². The molecule has 0 heterocycles. The maximum Gasteiger partial charge on any atom is 0.306 e. The lowest BCUT2D eigenvalue weighted by Gasteiger charge is -2.18. The molecule has 0 aliphatic carbocycles. The Morgan fingerprint density at radius 2 is 0.579 bits per heavy atom. The first-order valence-corrected chi connectivity index (χ1v) is 25.4. The zero-order valence-electron chi connectivity index (χ0n) is 38.8. The molecule has 0 spiro atoms. The standard InChI is InChI=1S/C51H98O6/c1-5-7-9-11-13-15-17-19-23-27-31-35-39-43-50(53)56-46-48(45-55-49(52)42-38-34-30-26-16-14-12-10-8-6-2)57-51(54)44-40-36-32-28-24-21-18-20-22-25-29-33-37-41-47(3)4/h47-48H,5-46H2,1-4H3/t48-/m1/s1. The summed E-state index contributed by atoms with van der Waals surface area (Å²) in [4.78, 5) is 37.8. The van der Waals surface area contributed by atoms with E-state index in [-0.39, 0.29) is 31.1 Å². The van der Waals surface area contributed by atoms with Crippen LogP contribution in [0.4, 0.5) is 0 Å². The molecule has 0 saturated heterocycles. The third-order valence-corrected chi connectivity index (χ3v) is 11.5. The van der Waals surface area contributed by atoms with E-state index >= 15 is 0 Å². The highest BCUT2D eigenvalue weighted by Gasteiger charge is 2.19. The number of hydrogen-bond acceptors (Lipinski definition) is 6. The second-order valence-corrected chi connectivity index (χ2v) is 17.9. The van der Waals surface area contributed by atoms with Crippen LogP contribution in [0, 0.1) is 5.92 Å². The predicted octanol–water partition coefficient (Wildman–Crippen LogP) is 16.3. The first-order valence-electron chi connectivity index (χ1n) is 25.4. The van der Waals surface area contributed by atoms with Crippen LogP contribution in [0.1, 0.15) is 285 Å². The molecule has 0 saturated carbocycles. The lowest BCUT2D eigenvalue weighted by atomic mass is 10.0. The number of carbonyl (C=O) groups excluding carboxylic acids is 3. The first-order chi connectivity index (χ1) is 27.9. The molecule has 6 heteroatoms. The zero-order valence-corrected chi connectivity index (χ0v) is 38.8.